The molecule has 0 bridgehead atoms. The second kappa shape index (κ2) is 7.03. The third-order valence-electron chi connectivity index (χ3n) is 2.04. The molecule has 0 spiro atoms. The lowest BCUT2D eigenvalue weighted by Crippen LogP contribution is -2.41. The zero-order chi connectivity index (χ0) is 12.8. The number of carboxylic acids is 1. The Morgan fingerprint density at radius 1 is 1.65 bits per heavy atom. The molecule has 0 saturated heterocycles. The van der Waals surface area contributed by atoms with Crippen LogP contribution in [0.5, 0.6) is 0 Å². The summed E-state index contributed by atoms with van der Waals surface area (Å²) in [6.45, 7) is 0. The average molecular weight is 338 g/mol. The topological polar surface area (TPSA) is 66.4 Å². The van der Waals surface area contributed by atoms with E-state index in [-0.39, 0.29) is 5.91 Å². The molecule has 1 atom stereocenters. The summed E-state index contributed by atoms with van der Waals surface area (Å²) < 4.78 is 0.689. The van der Waals surface area contributed by atoms with Crippen LogP contribution in [0.3, 0.4) is 0 Å². The van der Waals surface area contributed by atoms with Crippen molar-refractivity contribution < 1.29 is 14.7 Å². The largest absolute Gasteiger partial charge is 0.480 e. The zero-order valence-electron chi connectivity index (χ0n) is 9.10. The first-order chi connectivity index (χ1) is 8.06. The van der Waals surface area contributed by atoms with E-state index in [0.29, 0.717) is 21.5 Å². The number of halogens is 1. The average Bonchev–Trinajstić information content (AvgIpc) is 2.70. The summed E-state index contributed by atoms with van der Waals surface area (Å²) >= 11 is 6.08. The molecule has 1 aromatic rings. The van der Waals surface area contributed by atoms with Gasteiger partial charge in [0.05, 0.1) is 0 Å². The van der Waals surface area contributed by atoms with Crippen LogP contribution in [0.25, 0.3) is 0 Å². The minimum Gasteiger partial charge on any atom is -0.480 e. The van der Waals surface area contributed by atoms with Crippen LogP contribution in [0, 0.1) is 0 Å². The van der Waals surface area contributed by atoms with Gasteiger partial charge in [-0.2, -0.15) is 11.8 Å². The second-order valence-corrected chi connectivity index (χ2v) is 6.00. The fourth-order valence-corrected chi connectivity index (χ4v) is 3.10. The molecule has 2 N–H and O–H groups in total. The predicted octanol–water partition coefficient (Wildman–Crippen LogP) is 2.45. The number of carbonyl (C=O) groups is 2. The fourth-order valence-electron chi connectivity index (χ4n) is 1.17. The molecule has 0 aliphatic rings. The highest BCUT2D eigenvalue weighted by Crippen LogP contribution is 2.22. The molecule has 0 saturated carbocycles. The van der Waals surface area contributed by atoms with Crippen molar-refractivity contribution in [1.82, 2.24) is 5.32 Å². The number of aliphatic carboxylic acids is 1. The van der Waals surface area contributed by atoms with E-state index in [9.17, 15) is 9.59 Å². The van der Waals surface area contributed by atoms with Gasteiger partial charge in [0, 0.05) is 4.47 Å². The van der Waals surface area contributed by atoms with Crippen molar-refractivity contribution in [3.8, 4) is 0 Å². The molecule has 0 unspecified atom stereocenters. The lowest BCUT2D eigenvalue weighted by Gasteiger charge is -2.13. The summed E-state index contributed by atoms with van der Waals surface area (Å²) in [6.07, 6.45) is 2.32. The molecule has 1 rings (SSSR count). The Hall–Kier alpha value is -0.530. The summed E-state index contributed by atoms with van der Waals surface area (Å²) in [5.74, 6) is -0.650. The van der Waals surface area contributed by atoms with Gasteiger partial charge in [-0.05, 0) is 45.8 Å². The highest BCUT2D eigenvalue weighted by Gasteiger charge is 2.21. The Bertz CT molecular complexity index is 408. The van der Waals surface area contributed by atoms with E-state index in [2.05, 4.69) is 21.2 Å². The molecule has 4 nitrogen and oxygen atoms in total. The fraction of sp³-hybridized carbons (Fsp3) is 0.400. The molecule has 1 aromatic heterocycles. The molecule has 94 valence electrons. The van der Waals surface area contributed by atoms with E-state index >= 15 is 0 Å². The first-order valence-electron chi connectivity index (χ1n) is 4.82. The highest BCUT2D eigenvalue weighted by molar-refractivity contribution is 9.10. The third kappa shape index (κ3) is 4.33. The normalized spacial score (nSPS) is 12.1. The number of hydrogen-bond donors (Lipinski definition) is 2. The molecular formula is C10H12BrNO3S2. The Kier molecular flexibility index (Phi) is 6.01. The summed E-state index contributed by atoms with van der Waals surface area (Å²) in [6, 6.07) is 0.931. The molecule has 1 amide bonds. The van der Waals surface area contributed by atoms with Crippen molar-refractivity contribution in [2.75, 3.05) is 12.0 Å². The van der Waals surface area contributed by atoms with Crippen LogP contribution >= 0.6 is 39.0 Å². The molecule has 0 radical (unpaired) electrons. The van der Waals surface area contributed by atoms with Crippen molar-refractivity contribution in [3.05, 3.63) is 20.8 Å². The Morgan fingerprint density at radius 3 is 2.82 bits per heavy atom. The summed E-state index contributed by atoms with van der Waals surface area (Å²) in [5, 5.41) is 13.3. The van der Waals surface area contributed by atoms with Crippen molar-refractivity contribution in [3.63, 3.8) is 0 Å². The Balaban J connectivity index is 2.64. The van der Waals surface area contributed by atoms with Crippen LogP contribution < -0.4 is 5.32 Å². The number of thiophene rings is 1. The van der Waals surface area contributed by atoms with Crippen molar-refractivity contribution in [2.45, 2.75) is 12.5 Å². The first-order valence-corrected chi connectivity index (χ1v) is 7.88. The monoisotopic (exact) mass is 337 g/mol. The van der Waals surface area contributed by atoms with Gasteiger partial charge in [-0.25, -0.2) is 4.79 Å². The molecule has 7 heteroatoms. The molecule has 17 heavy (non-hydrogen) atoms. The van der Waals surface area contributed by atoms with Gasteiger partial charge in [-0.1, -0.05) is 0 Å². The van der Waals surface area contributed by atoms with Crippen molar-refractivity contribution >= 4 is 50.9 Å². The van der Waals surface area contributed by atoms with Gasteiger partial charge in [0.1, 0.15) is 10.9 Å². The van der Waals surface area contributed by atoms with Gasteiger partial charge >= 0.3 is 5.97 Å². The van der Waals surface area contributed by atoms with Gasteiger partial charge in [-0.15, -0.1) is 11.3 Å². The highest BCUT2D eigenvalue weighted by atomic mass is 79.9. The van der Waals surface area contributed by atoms with E-state index in [0.717, 1.165) is 0 Å². The first kappa shape index (κ1) is 14.5. The SMILES string of the molecule is CSCC[C@@H](NC(=O)c1sccc1Br)C(=O)O. The van der Waals surface area contributed by atoms with Gasteiger partial charge in [-0.3, -0.25) is 4.79 Å². The molecule has 0 aliphatic heterocycles. The maximum atomic E-state index is 11.8. The van der Waals surface area contributed by atoms with E-state index in [1.165, 1.54) is 11.3 Å². The molecule has 0 fully saturated rings. The predicted molar refractivity (Wildman–Crippen MR) is 73.9 cm³/mol. The third-order valence-corrected chi connectivity index (χ3v) is 4.52. The van der Waals surface area contributed by atoms with Crippen molar-refractivity contribution in [1.29, 1.82) is 0 Å². The number of carbonyl (C=O) groups excluding carboxylic acids is 1. The lowest BCUT2D eigenvalue weighted by molar-refractivity contribution is -0.139. The van der Waals surface area contributed by atoms with Gasteiger partial charge < -0.3 is 10.4 Å². The standard InChI is InChI=1S/C10H12BrNO3S2/c1-16-4-3-7(10(14)15)12-9(13)8-6(11)2-5-17-8/h2,5,7H,3-4H2,1H3,(H,12,13)(H,14,15)/t7-/m1/s1. The van der Waals surface area contributed by atoms with Crippen LogP contribution in [0.15, 0.2) is 15.9 Å². The van der Waals surface area contributed by atoms with E-state index < -0.39 is 12.0 Å². The van der Waals surface area contributed by atoms with E-state index in [1.807, 2.05) is 6.26 Å². The summed E-state index contributed by atoms with van der Waals surface area (Å²) in [4.78, 5) is 23.3. The summed E-state index contributed by atoms with van der Waals surface area (Å²) in [7, 11) is 0. The lowest BCUT2D eigenvalue weighted by atomic mass is 10.2. The summed E-state index contributed by atoms with van der Waals surface area (Å²) in [5.41, 5.74) is 0. The van der Waals surface area contributed by atoms with Crippen molar-refractivity contribution in [2.24, 2.45) is 0 Å². The number of nitrogens with one attached hydrogen (secondary N) is 1. The number of thioether (sulfide) groups is 1. The number of rotatable bonds is 6. The van der Waals surface area contributed by atoms with E-state index in [1.54, 1.807) is 23.2 Å². The van der Waals surface area contributed by atoms with Gasteiger partial charge in [0.2, 0.25) is 0 Å². The maximum Gasteiger partial charge on any atom is 0.326 e. The second-order valence-electron chi connectivity index (χ2n) is 3.24. The van der Waals surface area contributed by atoms with Gasteiger partial charge in [0.15, 0.2) is 0 Å². The minimum absolute atomic E-state index is 0.347. The number of amides is 1. The number of hydrogen-bond acceptors (Lipinski definition) is 4. The Morgan fingerprint density at radius 2 is 2.35 bits per heavy atom. The van der Waals surface area contributed by atoms with Crippen LogP contribution in [0.1, 0.15) is 16.1 Å². The molecule has 1 heterocycles. The zero-order valence-corrected chi connectivity index (χ0v) is 12.3. The molecule has 0 aliphatic carbocycles. The number of carboxylic acid groups (broad SMARTS) is 1. The van der Waals surface area contributed by atoms with Gasteiger partial charge in [0.25, 0.3) is 5.91 Å². The smallest absolute Gasteiger partial charge is 0.326 e. The maximum absolute atomic E-state index is 11.8. The van der Waals surface area contributed by atoms with Crippen LogP contribution in [0.4, 0.5) is 0 Å². The quantitative estimate of drug-likeness (QED) is 0.836. The molecular weight excluding hydrogens is 326 g/mol. The molecule has 0 aromatic carbocycles. The van der Waals surface area contributed by atoms with Crippen LogP contribution in [-0.4, -0.2) is 35.0 Å². The van der Waals surface area contributed by atoms with Crippen LogP contribution in [-0.2, 0) is 4.79 Å². The van der Waals surface area contributed by atoms with E-state index in [4.69, 9.17) is 5.11 Å². The van der Waals surface area contributed by atoms with Crippen LogP contribution in [0.2, 0.25) is 0 Å². The minimum atomic E-state index is -1.000. The Labute approximate surface area is 116 Å².